The van der Waals surface area contributed by atoms with Crippen LogP contribution in [0, 0.1) is 0 Å². The average molecular weight is 283 g/mol. The highest BCUT2D eigenvalue weighted by atomic mass is 16.5. The molecule has 4 heteroatoms. The molecular weight excluding hydrogens is 266 g/mol. The maximum Gasteiger partial charge on any atom is 0.217 e. The number of hydrogen-bond acceptors (Lipinski definition) is 3. The molecule has 0 atom stereocenters. The molecule has 0 aliphatic carbocycles. The minimum absolute atomic E-state index is 0.0417. The fourth-order valence-corrected chi connectivity index (χ4v) is 2.33. The van der Waals surface area contributed by atoms with E-state index in [1.165, 1.54) is 6.26 Å². The van der Waals surface area contributed by atoms with E-state index < -0.39 is 0 Å². The van der Waals surface area contributed by atoms with Crippen LogP contribution in [-0.4, -0.2) is 16.5 Å². The molecule has 0 saturated carbocycles. The first-order chi connectivity index (χ1) is 10.1. The molecule has 0 radical (unpaired) electrons. The number of aromatic nitrogens is 1. The van der Waals surface area contributed by atoms with E-state index >= 15 is 0 Å². The van der Waals surface area contributed by atoms with Gasteiger partial charge in [0.2, 0.25) is 5.78 Å². The standard InChI is InChI=1S/C17H17NO3/c1-12(2)21-14-5-6-15-13(10-14)7-8-18(15)11-16(19)17-4-3-9-20-17/h3-10,12H,11H2,1-2H3. The van der Waals surface area contributed by atoms with E-state index in [4.69, 9.17) is 9.15 Å². The van der Waals surface area contributed by atoms with Gasteiger partial charge in [-0.25, -0.2) is 0 Å². The van der Waals surface area contributed by atoms with E-state index in [1.807, 2.05) is 48.9 Å². The lowest BCUT2D eigenvalue weighted by Gasteiger charge is -2.10. The monoisotopic (exact) mass is 283 g/mol. The maximum atomic E-state index is 12.1. The number of benzene rings is 1. The molecule has 0 unspecified atom stereocenters. The summed E-state index contributed by atoms with van der Waals surface area (Å²) in [5.41, 5.74) is 1.01. The number of hydrogen-bond donors (Lipinski definition) is 0. The molecular formula is C17H17NO3. The number of ether oxygens (including phenoxy) is 1. The van der Waals surface area contributed by atoms with Gasteiger partial charge in [-0.15, -0.1) is 0 Å². The van der Waals surface area contributed by atoms with Gasteiger partial charge in [-0.2, -0.15) is 0 Å². The summed E-state index contributed by atoms with van der Waals surface area (Å²) in [6, 6.07) is 11.3. The molecule has 0 aliphatic heterocycles. The molecule has 21 heavy (non-hydrogen) atoms. The number of ketones is 1. The number of carbonyl (C=O) groups excluding carboxylic acids is 1. The van der Waals surface area contributed by atoms with Crippen LogP contribution < -0.4 is 4.74 Å². The minimum atomic E-state index is -0.0417. The van der Waals surface area contributed by atoms with Crippen LogP contribution in [0.5, 0.6) is 5.75 Å². The third kappa shape index (κ3) is 2.84. The molecule has 0 fully saturated rings. The highest BCUT2D eigenvalue weighted by Gasteiger charge is 2.11. The fraction of sp³-hybridized carbons (Fsp3) is 0.235. The molecule has 0 bridgehead atoms. The molecule has 0 aliphatic rings. The number of nitrogens with zero attached hydrogens (tertiary/aromatic N) is 1. The molecule has 0 amide bonds. The van der Waals surface area contributed by atoms with Crippen LogP contribution in [0.3, 0.4) is 0 Å². The lowest BCUT2D eigenvalue weighted by Crippen LogP contribution is -2.08. The first-order valence-corrected chi connectivity index (χ1v) is 6.96. The van der Waals surface area contributed by atoms with Crippen LogP contribution in [0.4, 0.5) is 0 Å². The highest BCUT2D eigenvalue weighted by molar-refractivity contribution is 5.94. The Labute approximate surface area is 122 Å². The van der Waals surface area contributed by atoms with E-state index in [-0.39, 0.29) is 18.4 Å². The van der Waals surface area contributed by atoms with E-state index in [0.717, 1.165) is 16.7 Å². The van der Waals surface area contributed by atoms with Gasteiger partial charge in [-0.05, 0) is 50.2 Å². The third-order valence-corrected chi connectivity index (χ3v) is 3.22. The molecule has 108 valence electrons. The van der Waals surface area contributed by atoms with Gasteiger partial charge >= 0.3 is 0 Å². The Morgan fingerprint density at radius 2 is 2.14 bits per heavy atom. The van der Waals surface area contributed by atoms with Crippen molar-refractivity contribution < 1.29 is 13.9 Å². The summed E-state index contributed by atoms with van der Waals surface area (Å²) in [4.78, 5) is 12.1. The van der Waals surface area contributed by atoms with Crippen molar-refractivity contribution in [2.24, 2.45) is 0 Å². The first-order valence-electron chi connectivity index (χ1n) is 6.96. The van der Waals surface area contributed by atoms with Crippen LogP contribution in [0.25, 0.3) is 10.9 Å². The molecule has 2 aromatic heterocycles. The molecule has 4 nitrogen and oxygen atoms in total. The number of furan rings is 1. The Balaban J connectivity index is 1.85. The zero-order valence-electron chi connectivity index (χ0n) is 12.1. The SMILES string of the molecule is CC(C)Oc1ccc2c(ccn2CC(=O)c2ccco2)c1. The normalized spacial score (nSPS) is 11.2. The number of carbonyl (C=O) groups is 1. The second-order valence-electron chi connectivity index (χ2n) is 5.23. The van der Waals surface area contributed by atoms with Crippen molar-refractivity contribution in [1.82, 2.24) is 4.57 Å². The van der Waals surface area contributed by atoms with Crippen molar-refractivity contribution in [2.75, 3.05) is 0 Å². The smallest absolute Gasteiger partial charge is 0.217 e. The van der Waals surface area contributed by atoms with Crippen molar-refractivity contribution in [1.29, 1.82) is 0 Å². The van der Waals surface area contributed by atoms with Gasteiger partial charge in [0.25, 0.3) is 0 Å². The summed E-state index contributed by atoms with van der Waals surface area (Å²) >= 11 is 0. The second-order valence-corrected chi connectivity index (χ2v) is 5.23. The summed E-state index contributed by atoms with van der Waals surface area (Å²) in [6.45, 7) is 4.26. The summed E-state index contributed by atoms with van der Waals surface area (Å²) < 4.78 is 12.7. The molecule has 1 aromatic carbocycles. The average Bonchev–Trinajstić information content (AvgIpc) is 3.07. The van der Waals surface area contributed by atoms with Crippen molar-refractivity contribution in [3.05, 3.63) is 54.6 Å². The van der Waals surface area contributed by atoms with Crippen molar-refractivity contribution in [3.63, 3.8) is 0 Å². The number of rotatable bonds is 5. The molecule has 0 N–H and O–H groups in total. The lowest BCUT2D eigenvalue weighted by atomic mass is 10.2. The topological polar surface area (TPSA) is 44.4 Å². The van der Waals surface area contributed by atoms with E-state index in [1.54, 1.807) is 12.1 Å². The Morgan fingerprint density at radius 1 is 1.29 bits per heavy atom. The van der Waals surface area contributed by atoms with Crippen LogP contribution >= 0.6 is 0 Å². The van der Waals surface area contributed by atoms with Crippen LogP contribution in [0.15, 0.2) is 53.3 Å². The third-order valence-electron chi connectivity index (χ3n) is 3.22. The lowest BCUT2D eigenvalue weighted by molar-refractivity contribution is 0.0946. The summed E-state index contributed by atoms with van der Waals surface area (Å²) in [5.74, 6) is 1.18. The largest absolute Gasteiger partial charge is 0.491 e. The van der Waals surface area contributed by atoms with E-state index in [2.05, 4.69) is 0 Å². The Kier molecular flexibility index (Phi) is 3.52. The van der Waals surface area contributed by atoms with Gasteiger partial charge in [0, 0.05) is 17.1 Å². The maximum absolute atomic E-state index is 12.1. The zero-order chi connectivity index (χ0) is 14.8. The van der Waals surface area contributed by atoms with Crippen molar-refractivity contribution in [2.45, 2.75) is 26.5 Å². The van der Waals surface area contributed by atoms with Crippen LogP contribution in [-0.2, 0) is 6.54 Å². The predicted octanol–water partition coefficient (Wildman–Crippen LogP) is 3.90. The van der Waals surface area contributed by atoms with Gasteiger partial charge in [-0.1, -0.05) is 0 Å². The molecule has 0 saturated heterocycles. The van der Waals surface area contributed by atoms with Gasteiger partial charge in [-0.3, -0.25) is 4.79 Å². The molecule has 3 aromatic rings. The second kappa shape index (κ2) is 5.48. The first kappa shape index (κ1) is 13.5. The Hall–Kier alpha value is -2.49. The minimum Gasteiger partial charge on any atom is -0.491 e. The molecule has 0 spiro atoms. The van der Waals surface area contributed by atoms with Crippen LogP contribution in [0.1, 0.15) is 24.4 Å². The quantitative estimate of drug-likeness (QED) is 0.667. The van der Waals surface area contributed by atoms with Crippen LogP contribution in [0.2, 0.25) is 0 Å². The van der Waals surface area contributed by atoms with E-state index in [9.17, 15) is 4.79 Å². The van der Waals surface area contributed by atoms with Crippen molar-refractivity contribution in [3.8, 4) is 5.75 Å². The van der Waals surface area contributed by atoms with Gasteiger partial charge < -0.3 is 13.7 Å². The summed E-state index contributed by atoms with van der Waals surface area (Å²) in [6.07, 6.45) is 3.56. The van der Waals surface area contributed by atoms with Gasteiger partial charge in [0.1, 0.15) is 5.75 Å². The van der Waals surface area contributed by atoms with Gasteiger partial charge in [0.15, 0.2) is 5.76 Å². The van der Waals surface area contributed by atoms with Gasteiger partial charge in [0.05, 0.1) is 18.9 Å². The zero-order valence-corrected chi connectivity index (χ0v) is 12.1. The predicted molar refractivity (Wildman–Crippen MR) is 80.7 cm³/mol. The molecule has 2 heterocycles. The van der Waals surface area contributed by atoms with E-state index in [0.29, 0.717) is 5.76 Å². The summed E-state index contributed by atoms with van der Waals surface area (Å²) in [5, 5.41) is 1.06. The molecule has 3 rings (SSSR count). The Morgan fingerprint density at radius 3 is 2.86 bits per heavy atom. The Bertz CT molecular complexity index is 754. The number of Topliss-reactive ketones (excluding diaryl/α,β-unsaturated/α-hetero) is 1. The fourth-order valence-electron chi connectivity index (χ4n) is 2.33. The summed E-state index contributed by atoms with van der Waals surface area (Å²) in [7, 11) is 0. The number of fused-ring (bicyclic) bond motifs is 1. The highest BCUT2D eigenvalue weighted by Crippen LogP contribution is 2.23. The van der Waals surface area contributed by atoms with Crippen molar-refractivity contribution >= 4 is 16.7 Å².